The van der Waals surface area contributed by atoms with E-state index in [9.17, 15) is 8.42 Å². The number of benzene rings is 1. The number of nitrogens with zero attached hydrogens (tertiary/aromatic N) is 1. The normalized spacial score (nSPS) is 11.9. The van der Waals surface area contributed by atoms with Crippen LogP contribution in [0.1, 0.15) is 11.1 Å². The van der Waals surface area contributed by atoms with Gasteiger partial charge >= 0.3 is 0 Å². The van der Waals surface area contributed by atoms with Gasteiger partial charge in [0.05, 0.1) is 18.4 Å². The molecule has 0 N–H and O–H groups in total. The van der Waals surface area contributed by atoms with E-state index in [1.807, 2.05) is 25.1 Å². The Morgan fingerprint density at radius 3 is 2.72 bits per heavy atom. The summed E-state index contributed by atoms with van der Waals surface area (Å²) in [6.45, 7) is 1.87. The zero-order valence-corrected chi connectivity index (χ0v) is 11.5. The van der Waals surface area contributed by atoms with Crippen molar-refractivity contribution >= 4 is 32.6 Å². The molecule has 0 unspecified atom stereocenters. The minimum Gasteiger partial charge on any atom is -0.265 e. The van der Waals surface area contributed by atoms with Crippen molar-refractivity contribution < 1.29 is 12.6 Å². The third-order valence-electron chi connectivity index (χ3n) is 2.42. The molecule has 2 aromatic rings. The van der Waals surface area contributed by atoms with Crippen LogP contribution >= 0.6 is 11.6 Å². The van der Waals surface area contributed by atoms with Gasteiger partial charge in [-0.05, 0) is 25.1 Å². The van der Waals surface area contributed by atoms with E-state index < -0.39 is 10.1 Å². The SMILES string of the molecule is Cc1ccc2nc(Cl)c(COS(C)(=O)=O)cc2c1. The monoisotopic (exact) mass is 285 g/mol. The molecule has 0 aliphatic carbocycles. The minimum atomic E-state index is -3.49. The Morgan fingerprint density at radius 1 is 1.33 bits per heavy atom. The highest BCUT2D eigenvalue weighted by Crippen LogP contribution is 2.22. The van der Waals surface area contributed by atoms with E-state index in [2.05, 4.69) is 4.98 Å². The summed E-state index contributed by atoms with van der Waals surface area (Å²) in [4.78, 5) is 4.21. The summed E-state index contributed by atoms with van der Waals surface area (Å²) in [7, 11) is -3.49. The number of pyridine rings is 1. The Kier molecular flexibility index (Phi) is 3.56. The number of rotatable bonds is 3. The second kappa shape index (κ2) is 4.84. The summed E-state index contributed by atoms with van der Waals surface area (Å²) in [6, 6.07) is 7.57. The molecule has 0 aliphatic heterocycles. The van der Waals surface area contributed by atoms with Crippen LogP contribution in [0.3, 0.4) is 0 Å². The van der Waals surface area contributed by atoms with Crippen LogP contribution in [0.2, 0.25) is 5.15 Å². The molecule has 0 aliphatic rings. The predicted molar refractivity (Wildman–Crippen MR) is 71.1 cm³/mol. The first-order chi connectivity index (χ1) is 8.35. The molecule has 0 amide bonds. The van der Waals surface area contributed by atoms with E-state index in [0.29, 0.717) is 5.56 Å². The first-order valence-corrected chi connectivity index (χ1v) is 7.45. The second-order valence-corrected chi connectivity index (χ2v) is 6.10. The highest BCUT2D eigenvalue weighted by molar-refractivity contribution is 7.85. The molecule has 0 atom stereocenters. The van der Waals surface area contributed by atoms with Gasteiger partial charge in [-0.25, -0.2) is 4.98 Å². The van der Waals surface area contributed by atoms with Gasteiger partial charge in [0.25, 0.3) is 10.1 Å². The zero-order valence-electron chi connectivity index (χ0n) is 9.97. The van der Waals surface area contributed by atoms with Crippen molar-refractivity contribution in [3.05, 3.63) is 40.5 Å². The van der Waals surface area contributed by atoms with E-state index in [-0.39, 0.29) is 11.8 Å². The number of hydrogen-bond donors (Lipinski definition) is 0. The molecule has 96 valence electrons. The minimum absolute atomic E-state index is 0.103. The molecule has 18 heavy (non-hydrogen) atoms. The van der Waals surface area contributed by atoms with Gasteiger partial charge in [-0.15, -0.1) is 0 Å². The molecule has 0 fully saturated rings. The quantitative estimate of drug-likeness (QED) is 0.643. The van der Waals surface area contributed by atoms with Crippen LogP contribution in [-0.2, 0) is 20.9 Å². The Morgan fingerprint density at radius 2 is 2.06 bits per heavy atom. The molecule has 0 saturated heterocycles. The van der Waals surface area contributed by atoms with Gasteiger partial charge in [0.1, 0.15) is 5.15 Å². The zero-order chi connectivity index (χ0) is 13.3. The summed E-state index contributed by atoms with van der Waals surface area (Å²) in [5.41, 5.74) is 2.43. The Hall–Kier alpha value is -1.17. The topological polar surface area (TPSA) is 56.3 Å². The molecule has 0 radical (unpaired) electrons. The average molecular weight is 286 g/mol. The van der Waals surface area contributed by atoms with Gasteiger partial charge in [0, 0.05) is 10.9 Å². The van der Waals surface area contributed by atoms with E-state index in [1.165, 1.54) is 0 Å². The maximum Gasteiger partial charge on any atom is 0.264 e. The van der Waals surface area contributed by atoms with Crippen LogP contribution in [0, 0.1) is 6.92 Å². The van der Waals surface area contributed by atoms with Crippen LogP contribution in [0.4, 0.5) is 0 Å². The van der Waals surface area contributed by atoms with Crippen LogP contribution in [0.5, 0.6) is 0 Å². The number of aryl methyl sites for hydroxylation is 1. The summed E-state index contributed by atoms with van der Waals surface area (Å²) >= 11 is 5.99. The van der Waals surface area contributed by atoms with Crippen molar-refractivity contribution in [2.24, 2.45) is 0 Å². The lowest BCUT2D eigenvalue weighted by Crippen LogP contribution is -2.03. The van der Waals surface area contributed by atoms with Crippen molar-refractivity contribution in [3.63, 3.8) is 0 Å². The third kappa shape index (κ3) is 3.19. The second-order valence-electron chi connectivity index (χ2n) is 4.10. The largest absolute Gasteiger partial charge is 0.265 e. The summed E-state index contributed by atoms with van der Waals surface area (Å²) in [6.07, 6.45) is 1.000. The molecule has 2 rings (SSSR count). The summed E-state index contributed by atoms with van der Waals surface area (Å²) in [5.74, 6) is 0. The molecule has 1 aromatic carbocycles. The van der Waals surface area contributed by atoms with Crippen molar-refractivity contribution in [1.82, 2.24) is 4.98 Å². The molecule has 6 heteroatoms. The Balaban J connectivity index is 2.42. The highest BCUT2D eigenvalue weighted by atomic mass is 35.5. The van der Waals surface area contributed by atoms with Gasteiger partial charge in [-0.3, -0.25) is 4.18 Å². The van der Waals surface area contributed by atoms with Gasteiger partial charge in [0.15, 0.2) is 0 Å². The van der Waals surface area contributed by atoms with Crippen LogP contribution < -0.4 is 0 Å². The first kappa shape index (κ1) is 13.3. The van der Waals surface area contributed by atoms with Crippen LogP contribution in [0.15, 0.2) is 24.3 Å². The average Bonchev–Trinajstić information content (AvgIpc) is 2.26. The molecule has 0 spiro atoms. The van der Waals surface area contributed by atoms with Crippen molar-refractivity contribution in [1.29, 1.82) is 0 Å². The van der Waals surface area contributed by atoms with E-state index in [0.717, 1.165) is 22.7 Å². The Labute approximate surface area is 111 Å². The number of fused-ring (bicyclic) bond motifs is 1. The predicted octanol–water partition coefficient (Wildman–Crippen LogP) is 2.67. The molecule has 0 saturated carbocycles. The van der Waals surface area contributed by atoms with Crippen LogP contribution in [-0.4, -0.2) is 19.7 Å². The summed E-state index contributed by atoms with van der Waals surface area (Å²) < 4.78 is 26.6. The third-order valence-corrected chi connectivity index (χ3v) is 3.30. The van der Waals surface area contributed by atoms with Gasteiger partial charge in [-0.2, -0.15) is 8.42 Å². The molecule has 1 aromatic heterocycles. The lowest BCUT2D eigenvalue weighted by atomic mass is 10.1. The number of halogens is 1. The van der Waals surface area contributed by atoms with Gasteiger partial charge in [-0.1, -0.05) is 23.2 Å². The van der Waals surface area contributed by atoms with Crippen molar-refractivity contribution in [2.75, 3.05) is 6.26 Å². The fraction of sp³-hybridized carbons (Fsp3) is 0.250. The maximum atomic E-state index is 10.9. The van der Waals surface area contributed by atoms with Crippen molar-refractivity contribution in [2.45, 2.75) is 13.5 Å². The smallest absolute Gasteiger partial charge is 0.264 e. The fourth-order valence-electron chi connectivity index (χ4n) is 1.59. The standard InChI is InChI=1S/C12H12ClNO3S/c1-8-3-4-11-9(5-8)6-10(12(13)14-11)7-17-18(2,15)16/h3-6H,7H2,1-2H3. The lowest BCUT2D eigenvalue weighted by Gasteiger charge is -2.06. The van der Waals surface area contributed by atoms with E-state index in [4.69, 9.17) is 15.8 Å². The van der Waals surface area contributed by atoms with Gasteiger partial charge < -0.3 is 0 Å². The molecular formula is C12H12ClNO3S. The summed E-state index contributed by atoms with van der Waals surface area (Å²) in [5, 5.41) is 1.17. The molecule has 4 nitrogen and oxygen atoms in total. The molecular weight excluding hydrogens is 274 g/mol. The molecule has 0 bridgehead atoms. The highest BCUT2D eigenvalue weighted by Gasteiger charge is 2.09. The van der Waals surface area contributed by atoms with Gasteiger partial charge in [0.2, 0.25) is 0 Å². The Bertz CT molecular complexity index is 698. The van der Waals surface area contributed by atoms with E-state index >= 15 is 0 Å². The fourth-order valence-corrected chi connectivity index (χ4v) is 2.13. The van der Waals surface area contributed by atoms with Crippen molar-refractivity contribution in [3.8, 4) is 0 Å². The maximum absolute atomic E-state index is 10.9. The number of hydrogen-bond acceptors (Lipinski definition) is 4. The first-order valence-electron chi connectivity index (χ1n) is 5.25. The van der Waals surface area contributed by atoms with Crippen LogP contribution in [0.25, 0.3) is 10.9 Å². The lowest BCUT2D eigenvalue weighted by molar-refractivity contribution is 0.311. The molecule has 1 heterocycles. The van der Waals surface area contributed by atoms with E-state index in [1.54, 1.807) is 6.07 Å². The number of aromatic nitrogens is 1.